The first kappa shape index (κ1) is 27.8. The highest BCUT2D eigenvalue weighted by atomic mass is 19.4. The van der Waals surface area contributed by atoms with E-state index in [4.69, 9.17) is 0 Å². The second-order valence-corrected chi connectivity index (χ2v) is 10.2. The van der Waals surface area contributed by atoms with Gasteiger partial charge in [-0.3, -0.25) is 14.6 Å². The summed E-state index contributed by atoms with van der Waals surface area (Å²) < 4.78 is 70.8. The summed E-state index contributed by atoms with van der Waals surface area (Å²) in [5.74, 6) is -3.78. The Hall–Kier alpha value is -3.79. The van der Waals surface area contributed by atoms with Gasteiger partial charge in [0, 0.05) is 18.7 Å². The molecule has 2 amide bonds. The standard InChI is InChI=1S/C30H28F5N3O2/c1-2-3-9-23-25(32)13-12-22-21-11-10-19(31)14-24(21)27(26(22)23)29(40)38(17-30(33,34)35)37-15-20(16-37)36-28(39)18-7-5-4-6-8-18/h4-8,10-14,20,27H,2-3,9,15-17H2,1H3,(H,36,39). The highest BCUT2D eigenvalue weighted by molar-refractivity contribution is 5.97. The topological polar surface area (TPSA) is 52.7 Å². The van der Waals surface area contributed by atoms with Crippen molar-refractivity contribution in [1.82, 2.24) is 15.3 Å². The molecular weight excluding hydrogens is 529 g/mol. The third-order valence-corrected chi connectivity index (χ3v) is 7.39. The Balaban J connectivity index is 1.46. The van der Waals surface area contributed by atoms with Crippen molar-refractivity contribution < 1.29 is 31.5 Å². The average molecular weight is 558 g/mol. The Morgan fingerprint density at radius 2 is 1.70 bits per heavy atom. The predicted molar refractivity (Wildman–Crippen MR) is 139 cm³/mol. The van der Waals surface area contributed by atoms with Crippen LogP contribution in [-0.4, -0.2) is 53.7 Å². The second kappa shape index (κ2) is 11.0. The van der Waals surface area contributed by atoms with Crippen LogP contribution in [0.25, 0.3) is 11.1 Å². The molecule has 3 aromatic rings. The van der Waals surface area contributed by atoms with Crippen LogP contribution in [0.4, 0.5) is 22.0 Å². The van der Waals surface area contributed by atoms with Crippen LogP contribution >= 0.6 is 0 Å². The maximum atomic E-state index is 15.1. The van der Waals surface area contributed by atoms with E-state index in [0.717, 1.165) is 12.5 Å². The van der Waals surface area contributed by atoms with Crippen molar-refractivity contribution in [3.05, 3.63) is 94.6 Å². The molecule has 1 N–H and O–H groups in total. The van der Waals surface area contributed by atoms with Gasteiger partial charge in [0.2, 0.25) is 5.91 Å². The fourth-order valence-electron chi connectivity index (χ4n) is 5.48. The average Bonchev–Trinajstić information content (AvgIpc) is 3.21. The highest BCUT2D eigenvalue weighted by Crippen LogP contribution is 2.48. The molecule has 1 aliphatic heterocycles. The molecule has 0 saturated carbocycles. The highest BCUT2D eigenvalue weighted by Gasteiger charge is 2.46. The van der Waals surface area contributed by atoms with Gasteiger partial charge in [-0.2, -0.15) is 13.2 Å². The number of carbonyl (C=O) groups is 2. The molecule has 2 aliphatic rings. The minimum atomic E-state index is -4.73. The van der Waals surface area contributed by atoms with Crippen LogP contribution in [-0.2, 0) is 11.2 Å². The number of amides is 2. The minimum Gasteiger partial charge on any atom is -0.347 e. The lowest BCUT2D eigenvalue weighted by atomic mass is 9.89. The fourth-order valence-corrected chi connectivity index (χ4v) is 5.48. The van der Waals surface area contributed by atoms with Gasteiger partial charge in [0.1, 0.15) is 18.2 Å². The summed E-state index contributed by atoms with van der Waals surface area (Å²) in [6.07, 6.45) is -3.08. The summed E-state index contributed by atoms with van der Waals surface area (Å²) >= 11 is 0. The Morgan fingerprint density at radius 1 is 1.00 bits per heavy atom. The van der Waals surface area contributed by atoms with Crippen LogP contribution in [0, 0.1) is 11.6 Å². The zero-order valence-electron chi connectivity index (χ0n) is 21.8. The molecule has 210 valence electrons. The number of carbonyl (C=O) groups excluding carboxylic acids is 2. The van der Waals surface area contributed by atoms with Gasteiger partial charge in [-0.1, -0.05) is 43.7 Å². The van der Waals surface area contributed by atoms with Gasteiger partial charge in [0.15, 0.2) is 0 Å². The van der Waals surface area contributed by atoms with E-state index < -0.39 is 42.2 Å². The third-order valence-electron chi connectivity index (χ3n) is 7.39. The molecule has 1 atom stereocenters. The summed E-state index contributed by atoms with van der Waals surface area (Å²) in [6, 6.07) is 14.5. The minimum absolute atomic E-state index is 0.0260. The normalized spacial score (nSPS) is 16.7. The summed E-state index contributed by atoms with van der Waals surface area (Å²) in [5, 5.41) is 4.62. The van der Waals surface area contributed by atoms with E-state index in [1.807, 2.05) is 6.92 Å². The van der Waals surface area contributed by atoms with E-state index in [1.165, 1.54) is 29.3 Å². The number of rotatable bonds is 8. The molecular formula is C30H28F5N3O2. The number of hydrogen-bond donors (Lipinski definition) is 1. The van der Waals surface area contributed by atoms with Crippen molar-refractivity contribution in [3.8, 4) is 11.1 Å². The van der Waals surface area contributed by atoms with Gasteiger partial charge in [0.05, 0.1) is 12.0 Å². The van der Waals surface area contributed by atoms with Crippen molar-refractivity contribution in [2.75, 3.05) is 19.6 Å². The smallest absolute Gasteiger partial charge is 0.347 e. The van der Waals surface area contributed by atoms with Crippen molar-refractivity contribution >= 4 is 11.8 Å². The number of hydrazine groups is 1. The largest absolute Gasteiger partial charge is 0.407 e. The fraction of sp³-hybridized carbons (Fsp3) is 0.333. The first-order valence-electron chi connectivity index (χ1n) is 13.2. The van der Waals surface area contributed by atoms with Crippen LogP contribution in [0.5, 0.6) is 0 Å². The molecule has 1 saturated heterocycles. The number of nitrogens with zero attached hydrogens (tertiary/aromatic N) is 2. The molecule has 5 rings (SSSR count). The number of alkyl halides is 3. The Bertz CT molecular complexity index is 1420. The molecule has 3 aromatic carbocycles. The number of halogens is 5. The first-order chi connectivity index (χ1) is 19.1. The second-order valence-electron chi connectivity index (χ2n) is 10.2. The number of fused-ring (bicyclic) bond motifs is 3. The predicted octanol–water partition coefficient (Wildman–Crippen LogP) is 5.84. The summed E-state index contributed by atoms with van der Waals surface area (Å²) in [5.41, 5.74) is 2.19. The molecule has 5 nitrogen and oxygen atoms in total. The summed E-state index contributed by atoms with van der Waals surface area (Å²) in [4.78, 5) is 26.5. The molecule has 1 aliphatic carbocycles. The van der Waals surface area contributed by atoms with E-state index in [-0.39, 0.29) is 30.1 Å². The lowest BCUT2D eigenvalue weighted by molar-refractivity contribution is -0.203. The number of unbranched alkanes of at least 4 members (excludes halogenated alkanes) is 1. The molecule has 40 heavy (non-hydrogen) atoms. The molecule has 1 unspecified atom stereocenters. The van der Waals surface area contributed by atoms with E-state index >= 15 is 4.39 Å². The van der Waals surface area contributed by atoms with Crippen molar-refractivity contribution in [2.45, 2.75) is 44.3 Å². The SMILES string of the molecule is CCCCc1c(F)ccc2c1C(C(=O)N(CC(F)(F)F)N1CC(NC(=O)c3ccccc3)C1)c1cc(F)ccc1-2. The maximum Gasteiger partial charge on any atom is 0.407 e. The van der Waals surface area contributed by atoms with Gasteiger partial charge >= 0.3 is 6.18 Å². The maximum absolute atomic E-state index is 15.1. The van der Waals surface area contributed by atoms with E-state index in [0.29, 0.717) is 40.1 Å². The summed E-state index contributed by atoms with van der Waals surface area (Å²) in [7, 11) is 0. The lowest BCUT2D eigenvalue weighted by Crippen LogP contribution is -2.67. The van der Waals surface area contributed by atoms with Crippen molar-refractivity contribution in [1.29, 1.82) is 0 Å². The zero-order valence-corrected chi connectivity index (χ0v) is 21.8. The third kappa shape index (κ3) is 5.45. The van der Waals surface area contributed by atoms with Crippen LogP contribution in [0.3, 0.4) is 0 Å². The van der Waals surface area contributed by atoms with Crippen LogP contribution in [0.2, 0.25) is 0 Å². The molecule has 0 aromatic heterocycles. The van der Waals surface area contributed by atoms with Gasteiger partial charge in [0.25, 0.3) is 5.91 Å². The quantitative estimate of drug-likeness (QED) is 0.354. The van der Waals surface area contributed by atoms with E-state index in [1.54, 1.807) is 30.3 Å². The molecule has 1 fully saturated rings. The Kier molecular flexibility index (Phi) is 7.63. The van der Waals surface area contributed by atoms with Gasteiger partial charge in [-0.05, 0) is 71.0 Å². The van der Waals surface area contributed by atoms with E-state index in [9.17, 15) is 27.2 Å². The Labute approximate surface area is 228 Å². The summed E-state index contributed by atoms with van der Waals surface area (Å²) in [6.45, 7) is 0.306. The lowest BCUT2D eigenvalue weighted by Gasteiger charge is -2.47. The van der Waals surface area contributed by atoms with Gasteiger partial charge in [-0.15, -0.1) is 0 Å². The monoisotopic (exact) mass is 557 g/mol. The molecule has 1 heterocycles. The molecule has 0 spiro atoms. The molecule has 0 bridgehead atoms. The number of hydrogen-bond acceptors (Lipinski definition) is 3. The number of benzene rings is 3. The van der Waals surface area contributed by atoms with E-state index in [2.05, 4.69) is 5.32 Å². The Morgan fingerprint density at radius 3 is 2.38 bits per heavy atom. The van der Waals surface area contributed by atoms with Gasteiger partial charge < -0.3 is 5.32 Å². The van der Waals surface area contributed by atoms with Crippen molar-refractivity contribution in [3.63, 3.8) is 0 Å². The molecule has 0 radical (unpaired) electrons. The van der Waals surface area contributed by atoms with Gasteiger partial charge in [-0.25, -0.2) is 13.8 Å². The van der Waals surface area contributed by atoms with Crippen LogP contribution in [0.15, 0.2) is 60.7 Å². The molecule has 10 heteroatoms. The number of nitrogens with one attached hydrogen (secondary N) is 1. The first-order valence-corrected chi connectivity index (χ1v) is 13.2. The van der Waals surface area contributed by atoms with Crippen molar-refractivity contribution in [2.24, 2.45) is 0 Å². The van der Waals surface area contributed by atoms with Crippen LogP contribution in [0.1, 0.15) is 52.7 Å². The zero-order chi connectivity index (χ0) is 28.6. The van der Waals surface area contributed by atoms with Crippen LogP contribution < -0.4 is 5.32 Å².